The summed E-state index contributed by atoms with van der Waals surface area (Å²) in [7, 11) is -1.93. The third-order valence-corrected chi connectivity index (χ3v) is 14.2. The number of thiazole rings is 1. The highest BCUT2D eigenvalue weighted by molar-refractivity contribution is 7.22. The zero-order valence-electron chi connectivity index (χ0n) is 25.8. The van der Waals surface area contributed by atoms with Gasteiger partial charge in [0.25, 0.3) is 5.91 Å². The number of ether oxygens (including phenoxy) is 1. The van der Waals surface area contributed by atoms with E-state index in [4.69, 9.17) is 23.5 Å². The van der Waals surface area contributed by atoms with Crippen molar-refractivity contribution in [3.8, 4) is 11.3 Å². The van der Waals surface area contributed by atoms with Gasteiger partial charge >= 0.3 is 0 Å². The first-order valence-electron chi connectivity index (χ1n) is 14.9. The zero-order valence-corrected chi connectivity index (χ0v) is 27.6. The lowest BCUT2D eigenvalue weighted by molar-refractivity contribution is 0.0997. The number of rotatable bonds is 7. The summed E-state index contributed by atoms with van der Waals surface area (Å²) in [5.41, 5.74) is 3.08. The number of pyridine rings is 2. The molecule has 2 aliphatic rings. The molecular weight excluding hydrogens is 581 g/mol. The van der Waals surface area contributed by atoms with E-state index in [0.717, 1.165) is 47.1 Å². The fraction of sp³-hybridized carbons (Fsp3) is 0.484. The molecule has 4 aromatic heterocycles. The van der Waals surface area contributed by atoms with Crippen LogP contribution in [0.5, 0.6) is 0 Å². The van der Waals surface area contributed by atoms with Gasteiger partial charge in [0.2, 0.25) is 0 Å². The summed E-state index contributed by atoms with van der Waals surface area (Å²) in [5.74, 6) is 1.23. The van der Waals surface area contributed by atoms with Crippen molar-refractivity contribution in [2.45, 2.75) is 58.4 Å². The standard InChI is InChI=1S/C31H40N6O4SSi/c1-20-17-21(9-11-32-20)24-7-8-25(40-24)29(38)33-23-18-26-27(35-30(42-26)36-13-15-39-16-14-36)34-28(23)37-12-10-22(19-37)41-43(5,6)31(2,3)4/h7-9,11,17-18,22H,10,12-16,19H2,1-6H3,(H,33,38)/t22-/m0/s1. The Kier molecular flexibility index (Phi) is 8.05. The Labute approximate surface area is 257 Å². The molecule has 4 aromatic rings. The largest absolute Gasteiger partial charge is 0.451 e. The molecule has 2 saturated heterocycles. The van der Waals surface area contributed by atoms with Crippen LogP contribution in [0, 0.1) is 6.92 Å². The Morgan fingerprint density at radius 3 is 2.63 bits per heavy atom. The molecule has 1 atom stereocenters. The molecule has 0 aromatic carbocycles. The number of carbonyl (C=O) groups is 1. The lowest BCUT2D eigenvalue weighted by Gasteiger charge is -2.38. The second kappa shape index (κ2) is 11.6. The van der Waals surface area contributed by atoms with E-state index >= 15 is 0 Å². The molecule has 43 heavy (non-hydrogen) atoms. The van der Waals surface area contributed by atoms with E-state index in [0.29, 0.717) is 42.7 Å². The first kappa shape index (κ1) is 29.7. The quantitative estimate of drug-likeness (QED) is 0.237. The average molecular weight is 621 g/mol. The predicted molar refractivity (Wildman–Crippen MR) is 174 cm³/mol. The summed E-state index contributed by atoms with van der Waals surface area (Å²) >= 11 is 1.58. The smallest absolute Gasteiger partial charge is 0.291 e. The number of amides is 1. The molecule has 0 unspecified atom stereocenters. The van der Waals surface area contributed by atoms with Gasteiger partial charge in [0.15, 0.2) is 30.7 Å². The fourth-order valence-corrected chi connectivity index (χ4v) is 7.55. The van der Waals surface area contributed by atoms with Gasteiger partial charge in [-0.05, 0) is 61.8 Å². The molecule has 0 spiro atoms. The van der Waals surface area contributed by atoms with Crippen LogP contribution in [0.4, 0.5) is 16.6 Å². The van der Waals surface area contributed by atoms with Crippen LogP contribution in [0.3, 0.4) is 0 Å². The fourth-order valence-electron chi connectivity index (χ4n) is 5.17. The third-order valence-electron chi connectivity index (χ3n) is 8.60. The number of hydrogen-bond donors (Lipinski definition) is 1. The minimum atomic E-state index is -1.93. The Hall–Kier alpha value is -3.32. The SMILES string of the molecule is Cc1cc(-c2ccc(C(=O)Nc3cc4sc(N5CCOCC5)nc4nc3N3CC[C@H](O[Si](C)(C)C(C)(C)C)C3)o2)ccn1. The molecule has 2 fully saturated rings. The minimum absolute atomic E-state index is 0.109. The van der Waals surface area contributed by atoms with E-state index < -0.39 is 8.32 Å². The number of anilines is 3. The molecule has 6 rings (SSSR count). The number of furan rings is 1. The summed E-state index contributed by atoms with van der Waals surface area (Å²) in [6, 6.07) is 9.31. The van der Waals surface area contributed by atoms with Crippen molar-refractivity contribution < 1.29 is 18.4 Å². The van der Waals surface area contributed by atoms with Crippen molar-refractivity contribution in [2.75, 3.05) is 54.5 Å². The number of carbonyl (C=O) groups excluding carboxylic acids is 1. The maximum absolute atomic E-state index is 13.5. The summed E-state index contributed by atoms with van der Waals surface area (Å²) in [5, 5.41) is 4.16. The normalized spacial score (nSPS) is 18.0. The molecule has 6 heterocycles. The Morgan fingerprint density at radius 2 is 1.88 bits per heavy atom. The van der Waals surface area contributed by atoms with E-state index in [-0.39, 0.29) is 22.8 Å². The molecule has 0 bridgehead atoms. The van der Waals surface area contributed by atoms with E-state index in [1.807, 2.05) is 31.2 Å². The van der Waals surface area contributed by atoms with Gasteiger partial charge in [-0.2, -0.15) is 4.98 Å². The van der Waals surface area contributed by atoms with E-state index in [2.05, 4.69) is 54.0 Å². The average Bonchev–Trinajstić information content (AvgIpc) is 3.72. The van der Waals surface area contributed by atoms with Crippen molar-refractivity contribution >= 4 is 52.5 Å². The van der Waals surface area contributed by atoms with Crippen molar-refractivity contribution in [2.24, 2.45) is 0 Å². The summed E-state index contributed by atoms with van der Waals surface area (Å²) in [6.07, 6.45) is 2.75. The topological polar surface area (TPSA) is 106 Å². The van der Waals surface area contributed by atoms with Gasteiger partial charge in [0, 0.05) is 43.6 Å². The van der Waals surface area contributed by atoms with E-state index in [9.17, 15) is 4.79 Å². The zero-order chi connectivity index (χ0) is 30.4. The monoisotopic (exact) mass is 620 g/mol. The lowest BCUT2D eigenvalue weighted by Crippen LogP contribution is -2.44. The number of aromatic nitrogens is 3. The number of morpholine rings is 1. The highest BCUT2D eigenvalue weighted by atomic mass is 32.1. The number of hydrogen-bond acceptors (Lipinski definition) is 10. The maximum atomic E-state index is 13.5. The molecule has 12 heteroatoms. The molecule has 0 radical (unpaired) electrons. The van der Waals surface area contributed by atoms with Crippen molar-refractivity contribution in [1.29, 1.82) is 0 Å². The van der Waals surface area contributed by atoms with Crippen LogP contribution < -0.4 is 15.1 Å². The Balaban J connectivity index is 1.29. The lowest BCUT2D eigenvalue weighted by atomic mass is 10.2. The van der Waals surface area contributed by atoms with Crippen molar-refractivity contribution in [1.82, 2.24) is 15.0 Å². The van der Waals surface area contributed by atoms with Crippen LogP contribution in [0.25, 0.3) is 21.7 Å². The van der Waals surface area contributed by atoms with Gasteiger partial charge in [-0.25, -0.2) is 4.98 Å². The Bertz CT molecular complexity index is 1620. The third kappa shape index (κ3) is 6.33. The van der Waals surface area contributed by atoms with Crippen molar-refractivity contribution in [3.63, 3.8) is 0 Å². The van der Waals surface area contributed by atoms with Crippen LogP contribution >= 0.6 is 11.3 Å². The van der Waals surface area contributed by atoms with Crippen LogP contribution in [0.15, 0.2) is 40.9 Å². The molecule has 1 amide bonds. The minimum Gasteiger partial charge on any atom is -0.451 e. The maximum Gasteiger partial charge on any atom is 0.291 e. The van der Waals surface area contributed by atoms with Gasteiger partial charge in [-0.3, -0.25) is 9.78 Å². The molecule has 10 nitrogen and oxygen atoms in total. The van der Waals surface area contributed by atoms with Crippen LogP contribution in [0.1, 0.15) is 43.4 Å². The van der Waals surface area contributed by atoms with Gasteiger partial charge in [-0.1, -0.05) is 32.1 Å². The van der Waals surface area contributed by atoms with Gasteiger partial charge in [0.1, 0.15) is 5.76 Å². The first-order valence-corrected chi connectivity index (χ1v) is 18.6. The molecule has 228 valence electrons. The number of fused-ring (bicyclic) bond motifs is 1. The van der Waals surface area contributed by atoms with Crippen LogP contribution in [-0.4, -0.2) is 74.7 Å². The summed E-state index contributed by atoms with van der Waals surface area (Å²) in [6.45, 7) is 17.8. The summed E-state index contributed by atoms with van der Waals surface area (Å²) in [4.78, 5) is 32.2. The first-order chi connectivity index (χ1) is 20.5. The molecule has 0 saturated carbocycles. The summed E-state index contributed by atoms with van der Waals surface area (Å²) < 4.78 is 19.2. The van der Waals surface area contributed by atoms with E-state index in [1.165, 1.54) is 0 Å². The number of nitrogens with zero attached hydrogens (tertiary/aromatic N) is 5. The molecule has 2 aliphatic heterocycles. The van der Waals surface area contributed by atoms with Crippen molar-refractivity contribution in [3.05, 3.63) is 48.0 Å². The van der Waals surface area contributed by atoms with Crippen LogP contribution in [0.2, 0.25) is 18.1 Å². The molecule has 0 aliphatic carbocycles. The van der Waals surface area contributed by atoms with Crippen LogP contribution in [-0.2, 0) is 9.16 Å². The van der Waals surface area contributed by atoms with Gasteiger partial charge in [-0.15, -0.1) is 0 Å². The molecular formula is C31H40N6O4SSi. The van der Waals surface area contributed by atoms with E-state index in [1.54, 1.807) is 23.6 Å². The highest BCUT2D eigenvalue weighted by Gasteiger charge is 2.41. The number of aryl methyl sites for hydroxylation is 1. The molecule has 1 N–H and O–H groups in total. The van der Waals surface area contributed by atoms with Gasteiger partial charge in [0.05, 0.1) is 29.7 Å². The second-order valence-electron chi connectivity index (χ2n) is 12.8. The predicted octanol–water partition coefficient (Wildman–Crippen LogP) is 6.34. The Morgan fingerprint density at radius 1 is 1.09 bits per heavy atom. The second-order valence-corrected chi connectivity index (χ2v) is 18.6. The number of nitrogens with one attached hydrogen (secondary N) is 1. The van der Waals surface area contributed by atoms with Gasteiger partial charge < -0.3 is 28.7 Å². The highest BCUT2D eigenvalue weighted by Crippen LogP contribution is 2.40.